The average molecular weight is 452 g/mol. The molecule has 0 saturated carbocycles. The number of anilines is 2. The first kappa shape index (κ1) is 20.9. The number of nitrogens with zero attached hydrogens (tertiary/aromatic N) is 2. The Morgan fingerprint density at radius 3 is 2.45 bits per heavy atom. The highest BCUT2D eigenvalue weighted by Gasteiger charge is 2.49. The average Bonchev–Trinajstić information content (AvgIpc) is 2.63. The van der Waals surface area contributed by atoms with Crippen LogP contribution in [0.3, 0.4) is 0 Å². The summed E-state index contributed by atoms with van der Waals surface area (Å²) >= 11 is 5.72. The molecule has 1 heterocycles. The van der Waals surface area contributed by atoms with E-state index >= 15 is 0 Å². The van der Waals surface area contributed by atoms with E-state index in [0.29, 0.717) is 5.69 Å². The van der Waals surface area contributed by atoms with Crippen molar-refractivity contribution >= 4 is 44.1 Å². The third-order valence-electron chi connectivity index (χ3n) is 3.59. The van der Waals surface area contributed by atoms with E-state index in [0.717, 1.165) is 25.6 Å². The fourth-order valence-electron chi connectivity index (χ4n) is 2.26. The number of nitrogens with one attached hydrogen (secondary N) is 1. The molecule has 1 N–H and O–H groups in total. The minimum atomic E-state index is -5.93. The minimum Gasteiger partial charge on any atom is -0.493 e. The SMILES string of the molecule is COc1cc2ncnc(Nc3ccc(F)c(Cl)c3)c2cc1OS(=O)(=O)C(F)(F)F. The number of halogens is 5. The Hall–Kier alpha value is -2.86. The van der Waals surface area contributed by atoms with Crippen LogP contribution in [-0.2, 0) is 10.1 Å². The van der Waals surface area contributed by atoms with Gasteiger partial charge in [-0.3, -0.25) is 0 Å². The molecule has 13 heteroatoms. The van der Waals surface area contributed by atoms with E-state index in [-0.39, 0.29) is 27.5 Å². The number of hydrogen-bond donors (Lipinski definition) is 1. The zero-order valence-corrected chi connectivity index (χ0v) is 15.9. The fourth-order valence-corrected chi connectivity index (χ4v) is 2.91. The first-order chi connectivity index (χ1) is 13.5. The van der Waals surface area contributed by atoms with Crippen molar-refractivity contribution in [1.29, 1.82) is 0 Å². The van der Waals surface area contributed by atoms with Crippen molar-refractivity contribution in [3.05, 3.63) is 47.5 Å². The molecule has 0 fully saturated rings. The monoisotopic (exact) mass is 451 g/mol. The van der Waals surface area contributed by atoms with E-state index in [1.807, 2.05) is 0 Å². The first-order valence-electron chi connectivity index (χ1n) is 7.57. The number of aromatic nitrogens is 2. The van der Waals surface area contributed by atoms with Crippen LogP contribution >= 0.6 is 11.6 Å². The molecule has 0 bridgehead atoms. The Morgan fingerprint density at radius 1 is 1.10 bits per heavy atom. The Morgan fingerprint density at radius 2 is 1.83 bits per heavy atom. The van der Waals surface area contributed by atoms with E-state index in [9.17, 15) is 26.0 Å². The second-order valence-corrected chi connectivity index (χ2v) is 7.42. The van der Waals surface area contributed by atoms with Gasteiger partial charge in [0.15, 0.2) is 11.5 Å². The van der Waals surface area contributed by atoms with Gasteiger partial charge in [0.1, 0.15) is 18.0 Å². The highest BCUT2D eigenvalue weighted by molar-refractivity contribution is 7.88. The van der Waals surface area contributed by atoms with E-state index < -0.39 is 27.2 Å². The lowest BCUT2D eigenvalue weighted by molar-refractivity contribution is -0.0500. The molecule has 0 spiro atoms. The molecular formula is C16H10ClF4N3O4S. The van der Waals surface area contributed by atoms with E-state index in [1.165, 1.54) is 18.2 Å². The summed E-state index contributed by atoms with van der Waals surface area (Å²) in [6.07, 6.45) is 1.15. The molecule has 154 valence electrons. The highest BCUT2D eigenvalue weighted by Crippen LogP contribution is 2.37. The van der Waals surface area contributed by atoms with E-state index in [4.69, 9.17) is 16.3 Å². The summed E-state index contributed by atoms with van der Waals surface area (Å²) in [4.78, 5) is 7.93. The molecule has 0 aliphatic heterocycles. The molecule has 0 atom stereocenters. The Bertz CT molecular complexity index is 1190. The van der Waals surface area contributed by atoms with Gasteiger partial charge in [-0.05, 0) is 24.3 Å². The second kappa shape index (κ2) is 7.52. The normalized spacial score (nSPS) is 12.1. The number of ether oxygens (including phenoxy) is 1. The predicted molar refractivity (Wildman–Crippen MR) is 96.4 cm³/mol. The largest absolute Gasteiger partial charge is 0.534 e. The van der Waals surface area contributed by atoms with Crippen LogP contribution in [-0.4, -0.2) is 31.0 Å². The predicted octanol–water partition coefficient (Wildman–Crippen LogP) is 4.40. The molecule has 0 saturated heterocycles. The zero-order valence-electron chi connectivity index (χ0n) is 14.3. The van der Waals surface area contributed by atoms with Crippen LogP contribution in [0, 0.1) is 5.82 Å². The molecule has 0 unspecified atom stereocenters. The van der Waals surface area contributed by atoms with Crippen LogP contribution in [0.5, 0.6) is 11.5 Å². The summed E-state index contributed by atoms with van der Waals surface area (Å²) in [7, 11) is -4.81. The van der Waals surface area contributed by atoms with Crippen LogP contribution in [0.2, 0.25) is 5.02 Å². The van der Waals surface area contributed by atoms with Gasteiger partial charge in [-0.15, -0.1) is 0 Å². The minimum absolute atomic E-state index is 0.0783. The number of methoxy groups -OCH3 is 1. The molecule has 7 nitrogen and oxygen atoms in total. The van der Waals surface area contributed by atoms with Gasteiger partial charge in [0.2, 0.25) is 0 Å². The van der Waals surface area contributed by atoms with Crippen molar-refractivity contribution < 1.29 is 34.9 Å². The van der Waals surface area contributed by atoms with Crippen LogP contribution in [0.25, 0.3) is 10.9 Å². The Kier molecular flexibility index (Phi) is 5.41. The number of benzene rings is 2. The zero-order chi connectivity index (χ0) is 21.4. The molecular weight excluding hydrogens is 442 g/mol. The van der Waals surface area contributed by atoms with Crippen molar-refractivity contribution in [2.45, 2.75) is 5.51 Å². The lowest BCUT2D eigenvalue weighted by Gasteiger charge is -2.14. The third kappa shape index (κ3) is 4.27. The summed E-state index contributed by atoms with van der Waals surface area (Å²) < 4.78 is 83.2. The van der Waals surface area contributed by atoms with Crippen molar-refractivity contribution in [3.63, 3.8) is 0 Å². The summed E-state index contributed by atoms with van der Waals surface area (Å²) in [6, 6.07) is 5.87. The van der Waals surface area contributed by atoms with Gasteiger partial charge >= 0.3 is 15.6 Å². The van der Waals surface area contributed by atoms with Crippen LogP contribution < -0.4 is 14.2 Å². The summed E-state index contributed by atoms with van der Waals surface area (Å²) in [5.74, 6) is -1.58. The van der Waals surface area contributed by atoms with Gasteiger partial charge in [0, 0.05) is 17.1 Å². The van der Waals surface area contributed by atoms with Gasteiger partial charge in [-0.2, -0.15) is 21.6 Å². The molecule has 0 aliphatic carbocycles. The summed E-state index contributed by atoms with van der Waals surface area (Å²) in [6.45, 7) is 0. The highest BCUT2D eigenvalue weighted by atomic mass is 35.5. The molecule has 3 aromatic rings. The third-order valence-corrected chi connectivity index (χ3v) is 4.84. The lowest BCUT2D eigenvalue weighted by atomic mass is 10.2. The topological polar surface area (TPSA) is 90.4 Å². The molecule has 0 radical (unpaired) electrons. The smallest absolute Gasteiger partial charge is 0.493 e. The standard InChI is InChI=1S/C16H10ClF4N3O4S/c1-27-13-6-12-9(5-14(13)28-29(25,26)16(19,20)21)15(23-7-22-12)24-8-2-3-11(18)10(17)4-8/h2-7H,1H3,(H,22,23,24). The quantitative estimate of drug-likeness (QED) is 0.349. The lowest BCUT2D eigenvalue weighted by Crippen LogP contribution is -2.28. The van der Waals surface area contributed by atoms with E-state index in [1.54, 1.807) is 0 Å². The number of fused-ring (bicyclic) bond motifs is 1. The van der Waals surface area contributed by atoms with Crippen LogP contribution in [0.1, 0.15) is 0 Å². The number of alkyl halides is 3. The van der Waals surface area contributed by atoms with Gasteiger partial charge < -0.3 is 14.2 Å². The molecule has 3 rings (SSSR count). The molecule has 0 amide bonds. The molecule has 1 aromatic heterocycles. The maximum absolute atomic E-state index is 13.3. The Balaban J connectivity index is 2.10. The maximum atomic E-state index is 13.3. The Labute approximate surface area is 166 Å². The first-order valence-corrected chi connectivity index (χ1v) is 9.36. The van der Waals surface area contributed by atoms with Crippen LogP contribution in [0.15, 0.2) is 36.7 Å². The maximum Gasteiger partial charge on any atom is 0.534 e. The summed E-state index contributed by atoms with van der Waals surface area (Å²) in [5.41, 5.74) is -5.10. The fraction of sp³-hybridized carbons (Fsp3) is 0.125. The number of rotatable bonds is 5. The van der Waals surface area contributed by atoms with Crippen molar-refractivity contribution in [1.82, 2.24) is 9.97 Å². The van der Waals surface area contributed by atoms with Gasteiger partial charge in [0.05, 0.1) is 17.6 Å². The van der Waals surface area contributed by atoms with Gasteiger partial charge in [-0.1, -0.05) is 11.6 Å². The molecule has 0 aliphatic rings. The summed E-state index contributed by atoms with van der Waals surface area (Å²) in [5, 5.41) is 2.74. The second-order valence-electron chi connectivity index (χ2n) is 5.48. The number of hydrogen-bond acceptors (Lipinski definition) is 7. The van der Waals surface area contributed by atoms with Crippen molar-refractivity contribution in [2.75, 3.05) is 12.4 Å². The van der Waals surface area contributed by atoms with Crippen LogP contribution in [0.4, 0.5) is 29.1 Å². The molecule has 29 heavy (non-hydrogen) atoms. The molecule has 2 aromatic carbocycles. The van der Waals surface area contributed by atoms with Gasteiger partial charge in [0.25, 0.3) is 0 Å². The van der Waals surface area contributed by atoms with Gasteiger partial charge in [-0.25, -0.2) is 14.4 Å². The van der Waals surface area contributed by atoms with Crippen molar-refractivity contribution in [3.8, 4) is 11.5 Å². The van der Waals surface area contributed by atoms with E-state index in [2.05, 4.69) is 19.5 Å². The van der Waals surface area contributed by atoms with Crippen molar-refractivity contribution in [2.24, 2.45) is 0 Å².